The predicted octanol–water partition coefficient (Wildman–Crippen LogP) is 3.49. The van der Waals surface area contributed by atoms with Crippen LogP contribution in [0, 0.1) is 11.8 Å². The van der Waals surface area contributed by atoms with E-state index in [1.165, 1.54) is 0 Å². The van der Waals surface area contributed by atoms with Gasteiger partial charge in [0.25, 0.3) is 0 Å². The fourth-order valence-corrected chi connectivity index (χ4v) is 6.91. The zero-order chi connectivity index (χ0) is 21.9. The van der Waals surface area contributed by atoms with Gasteiger partial charge in [0.2, 0.25) is 0 Å². The highest BCUT2D eigenvalue weighted by Gasteiger charge is 2.37. The quantitative estimate of drug-likeness (QED) is 0.435. The number of sulfone groups is 1. The van der Waals surface area contributed by atoms with Crippen molar-refractivity contribution in [3.05, 3.63) is 54.2 Å². The molecule has 6 rings (SSSR count). The van der Waals surface area contributed by atoms with E-state index in [0.29, 0.717) is 22.8 Å². The third-order valence-electron chi connectivity index (χ3n) is 6.58. The molecule has 0 amide bonds. The zero-order valence-corrected chi connectivity index (χ0v) is 18.3. The second kappa shape index (κ2) is 7.13. The number of nitrogens with zero attached hydrogens (tertiary/aromatic N) is 5. The molecule has 1 fully saturated rings. The van der Waals surface area contributed by atoms with E-state index in [2.05, 4.69) is 32.2 Å². The van der Waals surface area contributed by atoms with Gasteiger partial charge in [-0.15, -0.1) is 10.2 Å². The minimum absolute atomic E-state index is 0.0640. The van der Waals surface area contributed by atoms with Crippen LogP contribution in [-0.2, 0) is 15.6 Å². The molecule has 0 radical (unpaired) electrons. The molecule has 1 N–H and O–H groups in total. The van der Waals surface area contributed by atoms with E-state index >= 15 is 0 Å². The smallest absolute Gasteiger partial charge is 0.179 e. The number of para-hydroxylation sites is 1. The average molecular weight is 451 g/mol. The first-order chi connectivity index (χ1) is 15.5. The van der Waals surface area contributed by atoms with Gasteiger partial charge in [-0.2, -0.15) is 0 Å². The van der Waals surface area contributed by atoms with Crippen LogP contribution in [0.15, 0.2) is 47.2 Å². The molecular weight excluding hydrogens is 428 g/mol. The van der Waals surface area contributed by atoms with Crippen LogP contribution in [0.3, 0.4) is 0 Å². The first-order valence-corrected chi connectivity index (χ1v) is 12.5. The van der Waals surface area contributed by atoms with Crippen LogP contribution in [0.5, 0.6) is 0 Å². The van der Waals surface area contributed by atoms with Gasteiger partial charge in [0.1, 0.15) is 11.5 Å². The number of nitrogens with one attached hydrogen (secondary N) is 1. The van der Waals surface area contributed by atoms with Gasteiger partial charge in [-0.05, 0) is 42.9 Å². The Kier molecular flexibility index (Phi) is 4.32. The van der Waals surface area contributed by atoms with E-state index in [9.17, 15) is 8.42 Å². The number of aromatic amines is 1. The lowest BCUT2D eigenvalue weighted by Gasteiger charge is -2.13. The lowest BCUT2D eigenvalue weighted by atomic mass is 9.97. The topological polar surface area (TPSA) is 119 Å². The fourth-order valence-electron chi connectivity index (χ4n) is 5.18. The molecule has 3 atom stereocenters. The molecule has 5 aromatic rings. The van der Waals surface area contributed by atoms with Crippen molar-refractivity contribution >= 4 is 37.6 Å². The SMILES string of the molecule is C[C@@H]1C[C@H](CS(=O)(=O)Cc2noc3ccccc23)C[C@@H]1c1nnc2cnc3[nH]ccc3n12. The van der Waals surface area contributed by atoms with Crippen LogP contribution >= 0.6 is 0 Å². The Morgan fingerprint density at radius 2 is 2.06 bits per heavy atom. The molecule has 1 aliphatic carbocycles. The van der Waals surface area contributed by atoms with Gasteiger partial charge < -0.3 is 9.51 Å². The van der Waals surface area contributed by atoms with E-state index in [-0.39, 0.29) is 23.3 Å². The van der Waals surface area contributed by atoms with Gasteiger partial charge in [-0.1, -0.05) is 24.2 Å². The minimum Gasteiger partial charge on any atom is -0.356 e. The maximum Gasteiger partial charge on any atom is 0.179 e. The first-order valence-electron chi connectivity index (χ1n) is 10.7. The van der Waals surface area contributed by atoms with Crippen LogP contribution in [0.4, 0.5) is 0 Å². The monoisotopic (exact) mass is 450 g/mol. The Bertz CT molecular complexity index is 1550. The van der Waals surface area contributed by atoms with Crippen molar-refractivity contribution in [1.82, 2.24) is 29.7 Å². The number of aromatic nitrogens is 6. The molecule has 0 bridgehead atoms. The molecule has 164 valence electrons. The fraction of sp³-hybridized carbons (Fsp3) is 0.364. The van der Waals surface area contributed by atoms with Crippen LogP contribution in [0.2, 0.25) is 0 Å². The van der Waals surface area contributed by atoms with Crippen LogP contribution in [0.1, 0.15) is 37.2 Å². The Hall–Kier alpha value is -3.27. The van der Waals surface area contributed by atoms with Crippen molar-refractivity contribution in [1.29, 1.82) is 0 Å². The normalized spacial score (nSPS) is 21.8. The number of hydrogen-bond donors (Lipinski definition) is 1. The maximum atomic E-state index is 13.0. The largest absolute Gasteiger partial charge is 0.356 e. The molecule has 0 aliphatic heterocycles. The molecule has 1 aliphatic rings. The summed E-state index contributed by atoms with van der Waals surface area (Å²) in [6.45, 7) is 2.17. The molecule has 4 heterocycles. The van der Waals surface area contributed by atoms with Gasteiger partial charge in [-0.3, -0.25) is 4.40 Å². The van der Waals surface area contributed by atoms with Crippen LogP contribution in [0.25, 0.3) is 27.8 Å². The molecule has 10 heteroatoms. The van der Waals surface area contributed by atoms with Gasteiger partial charge in [-0.25, -0.2) is 13.4 Å². The van der Waals surface area contributed by atoms with E-state index < -0.39 is 9.84 Å². The van der Waals surface area contributed by atoms with Crippen molar-refractivity contribution < 1.29 is 12.9 Å². The Morgan fingerprint density at radius 1 is 1.19 bits per heavy atom. The molecule has 0 unspecified atom stereocenters. The van der Waals surface area contributed by atoms with Crippen LogP contribution < -0.4 is 0 Å². The highest BCUT2D eigenvalue weighted by molar-refractivity contribution is 7.90. The Balaban J connectivity index is 1.25. The van der Waals surface area contributed by atoms with E-state index in [1.807, 2.05) is 34.9 Å². The molecule has 9 nitrogen and oxygen atoms in total. The number of H-pyrrole nitrogens is 1. The first kappa shape index (κ1) is 19.4. The lowest BCUT2D eigenvalue weighted by Crippen LogP contribution is -2.16. The summed E-state index contributed by atoms with van der Waals surface area (Å²) in [7, 11) is -3.34. The van der Waals surface area contributed by atoms with Crippen molar-refractivity contribution in [3.63, 3.8) is 0 Å². The highest BCUT2D eigenvalue weighted by Crippen LogP contribution is 2.43. The summed E-state index contributed by atoms with van der Waals surface area (Å²) in [6, 6.07) is 9.31. The van der Waals surface area contributed by atoms with Gasteiger partial charge >= 0.3 is 0 Å². The molecule has 32 heavy (non-hydrogen) atoms. The third-order valence-corrected chi connectivity index (χ3v) is 8.27. The molecule has 1 saturated carbocycles. The van der Waals surface area contributed by atoms with Gasteiger partial charge in [0.05, 0.1) is 23.2 Å². The van der Waals surface area contributed by atoms with E-state index in [1.54, 1.807) is 12.3 Å². The summed E-state index contributed by atoms with van der Waals surface area (Å²) in [5.41, 5.74) is 3.51. The summed E-state index contributed by atoms with van der Waals surface area (Å²) in [4.78, 5) is 7.50. The summed E-state index contributed by atoms with van der Waals surface area (Å²) in [6.07, 6.45) is 5.15. The van der Waals surface area contributed by atoms with Gasteiger partial charge in [0, 0.05) is 17.5 Å². The Morgan fingerprint density at radius 3 is 2.97 bits per heavy atom. The molecule has 1 aromatic carbocycles. The second-order valence-corrected chi connectivity index (χ2v) is 10.9. The standard InChI is InChI=1S/C22H22N6O3S/c1-13-8-14(11-32(29,30)12-17-15-4-2-3-5-19(15)31-27-17)9-16(13)22-26-25-20-10-24-21-18(28(20)22)6-7-23-21/h2-7,10,13-14,16,23H,8-9,11-12H2,1H3/t13-,14+,16+/m1/s1. The van der Waals surface area contributed by atoms with Crippen molar-refractivity contribution in [3.8, 4) is 0 Å². The third kappa shape index (κ3) is 3.17. The number of rotatable bonds is 5. The summed E-state index contributed by atoms with van der Waals surface area (Å²) >= 11 is 0. The average Bonchev–Trinajstić information content (AvgIpc) is 3.53. The second-order valence-electron chi connectivity index (χ2n) is 8.82. The van der Waals surface area contributed by atoms with Gasteiger partial charge in [0.15, 0.2) is 26.7 Å². The van der Waals surface area contributed by atoms with E-state index in [4.69, 9.17) is 4.52 Å². The summed E-state index contributed by atoms with van der Waals surface area (Å²) < 4.78 is 33.4. The molecular formula is C22H22N6O3S. The zero-order valence-electron chi connectivity index (χ0n) is 17.5. The highest BCUT2D eigenvalue weighted by atomic mass is 32.2. The van der Waals surface area contributed by atoms with E-state index in [0.717, 1.165) is 35.2 Å². The number of fused-ring (bicyclic) bond motifs is 4. The lowest BCUT2D eigenvalue weighted by molar-refractivity contribution is 0.448. The predicted molar refractivity (Wildman–Crippen MR) is 119 cm³/mol. The van der Waals surface area contributed by atoms with Crippen molar-refractivity contribution in [2.75, 3.05) is 5.75 Å². The summed E-state index contributed by atoms with van der Waals surface area (Å²) in [5.74, 6) is 1.41. The summed E-state index contributed by atoms with van der Waals surface area (Å²) in [5, 5.41) is 13.5. The van der Waals surface area contributed by atoms with Crippen molar-refractivity contribution in [2.24, 2.45) is 11.8 Å². The molecule has 0 spiro atoms. The van der Waals surface area contributed by atoms with Crippen molar-refractivity contribution in [2.45, 2.75) is 31.4 Å². The van der Waals surface area contributed by atoms with Crippen LogP contribution in [-0.4, -0.2) is 43.9 Å². The molecule has 0 saturated heterocycles. The Labute approximate surface area is 183 Å². The maximum absolute atomic E-state index is 13.0. The number of benzene rings is 1. The number of hydrogen-bond acceptors (Lipinski definition) is 7. The molecule has 4 aromatic heterocycles. The minimum atomic E-state index is -3.34.